The van der Waals surface area contributed by atoms with Gasteiger partial charge in [0.05, 0.1) is 21.3 Å². The van der Waals surface area contributed by atoms with Gasteiger partial charge in [0.1, 0.15) is 5.82 Å². The van der Waals surface area contributed by atoms with Crippen LogP contribution in [0.1, 0.15) is 11.1 Å². The maximum absolute atomic E-state index is 12.7. The maximum Gasteiger partial charge on any atom is 0.261 e. The Morgan fingerprint density at radius 3 is 2.44 bits per heavy atom. The predicted octanol–water partition coefficient (Wildman–Crippen LogP) is 6.53. The van der Waals surface area contributed by atoms with E-state index < -0.39 is 10.0 Å². The first-order valence-corrected chi connectivity index (χ1v) is 13.7. The summed E-state index contributed by atoms with van der Waals surface area (Å²) >= 11 is 9.92. The first kappa shape index (κ1) is 24.3. The van der Waals surface area contributed by atoms with Gasteiger partial charge in [0, 0.05) is 28.9 Å². The number of fused-ring (bicyclic) bond motifs is 1. The summed E-state index contributed by atoms with van der Waals surface area (Å²) in [5, 5.41) is 8.43. The normalized spacial score (nSPS) is 11.5. The quantitative estimate of drug-likeness (QED) is 0.228. The fraction of sp³-hybridized carbons (Fsp3) is 0.0769. The molecule has 2 aromatic heterocycles. The number of rotatable bonds is 7. The van der Waals surface area contributed by atoms with E-state index in [4.69, 9.17) is 16.6 Å². The Balaban J connectivity index is 1.35. The molecule has 5 aromatic rings. The highest BCUT2D eigenvalue weighted by Gasteiger charge is 2.15. The zero-order valence-corrected chi connectivity index (χ0v) is 22.3. The standard InChI is InChI=1S/C26H21BrClN5O2S/c1-17-6-12-20(13-7-17)36(34,35)32-19-10-8-18(9-11-19)15-29-25-14-24(21-4-2-3-5-23(21)28)31-26-22(27)16-30-33(25)26/h2-14,16,29,32H,15H2,1H3. The third-order valence-corrected chi connectivity index (χ3v) is 7.88. The molecule has 0 saturated carbocycles. The van der Waals surface area contributed by atoms with E-state index in [-0.39, 0.29) is 4.90 Å². The summed E-state index contributed by atoms with van der Waals surface area (Å²) in [7, 11) is -3.65. The van der Waals surface area contributed by atoms with E-state index in [9.17, 15) is 8.42 Å². The van der Waals surface area contributed by atoms with E-state index in [1.165, 1.54) is 0 Å². The van der Waals surface area contributed by atoms with Crippen molar-refractivity contribution < 1.29 is 8.42 Å². The van der Waals surface area contributed by atoms with Crippen molar-refractivity contribution in [3.05, 3.63) is 106 Å². The molecule has 7 nitrogen and oxygen atoms in total. The summed E-state index contributed by atoms with van der Waals surface area (Å²) in [4.78, 5) is 4.94. The molecule has 0 spiro atoms. The Hall–Kier alpha value is -3.40. The molecule has 0 radical (unpaired) electrons. The van der Waals surface area contributed by atoms with Gasteiger partial charge < -0.3 is 5.32 Å². The van der Waals surface area contributed by atoms with Crippen LogP contribution in [-0.4, -0.2) is 23.0 Å². The highest BCUT2D eigenvalue weighted by Crippen LogP contribution is 2.30. The molecule has 0 atom stereocenters. The van der Waals surface area contributed by atoms with Crippen molar-refractivity contribution in [2.24, 2.45) is 0 Å². The van der Waals surface area contributed by atoms with Crippen LogP contribution in [0.4, 0.5) is 11.5 Å². The van der Waals surface area contributed by atoms with Crippen LogP contribution in [0, 0.1) is 6.92 Å². The lowest BCUT2D eigenvalue weighted by Crippen LogP contribution is -2.13. The number of benzene rings is 3. The summed E-state index contributed by atoms with van der Waals surface area (Å²) < 4.78 is 30.4. The lowest BCUT2D eigenvalue weighted by molar-refractivity contribution is 0.601. The molecule has 0 aliphatic carbocycles. The Kier molecular flexibility index (Phi) is 6.70. The van der Waals surface area contributed by atoms with Crippen LogP contribution in [0.25, 0.3) is 16.9 Å². The van der Waals surface area contributed by atoms with Crippen molar-refractivity contribution in [1.29, 1.82) is 0 Å². The molecule has 3 aromatic carbocycles. The van der Waals surface area contributed by atoms with Crippen LogP contribution in [0.3, 0.4) is 0 Å². The highest BCUT2D eigenvalue weighted by molar-refractivity contribution is 9.10. The average molecular weight is 583 g/mol. The monoisotopic (exact) mass is 581 g/mol. The summed E-state index contributed by atoms with van der Waals surface area (Å²) in [5.41, 5.74) is 4.65. The number of hydrogen-bond acceptors (Lipinski definition) is 5. The second kappa shape index (κ2) is 9.93. The first-order valence-electron chi connectivity index (χ1n) is 11.0. The van der Waals surface area contributed by atoms with Crippen LogP contribution in [0.2, 0.25) is 5.02 Å². The third-order valence-electron chi connectivity index (χ3n) is 5.59. The van der Waals surface area contributed by atoms with Crippen LogP contribution >= 0.6 is 27.5 Å². The van der Waals surface area contributed by atoms with Gasteiger partial charge in [0.2, 0.25) is 0 Å². The second-order valence-corrected chi connectivity index (χ2v) is 11.1. The Bertz CT molecular complexity index is 1650. The molecule has 0 saturated heterocycles. The molecule has 2 heterocycles. The summed E-state index contributed by atoms with van der Waals surface area (Å²) in [5.74, 6) is 0.741. The Morgan fingerprint density at radius 1 is 1.00 bits per heavy atom. The summed E-state index contributed by atoms with van der Waals surface area (Å²) in [6.45, 7) is 2.40. The minimum Gasteiger partial charge on any atom is -0.366 e. The predicted molar refractivity (Wildman–Crippen MR) is 147 cm³/mol. The Morgan fingerprint density at radius 2 is 1.72 bits per heavy atom. The third kappa shape index (κ3) is 5.09. The van der Waals surface area contributed by atoms with Crippen molar-refractivity contribution in [1.82, 2.24) is 14.6 Å². The number of halogens is 2. The molecule has 36 heavy (non-hydrogen) atoms. The van der Waals surface area contributed by atoms with Crippen LogP contribution in [0.5, 0.6) is 0 Å². The molecule has 5 rings (SSSR count). The molecule has 0 amide bonds. The van der Waals surface area contributed by atoms with E-state index in [0.29, 0.717) is 22.9 Å². The molecule has 2 N–H and O–H groups in total. The van der Waals surface area contributed by atoms with E-state index in [2.05, 4.69) is 31.1 Å². The molecule has 0 unspecified atom stereocenters. The highest BCUT2D eigenvalue weighted by atomic mass is 79.9. The van der Waals surface area contributed by atoms with Gasteiger partial charge in [-0.05, 0) is 58.7 Å². The molecule has 10 heteroatoms. The van der Waals surface area contributed by atoms with Crippen molar-refractivity contribution in [3.63, 3.8) is 0 Å². The smallest absolute Gasteiger partial charge is 0.261 e. The van der Waals surface area contributed by atoms with E-state index in [1.54, 1.807) is 47.1 Å². The fourth-order valence-corrected chi connectivity index (χ4v) is 5.32. The minimum absolute atomic E-state index is 0.222. The zero-order chi connectivity index (χ0) is 25.3. The lowest BCUT2D eigenvalue weighted by atomic mass is 10.1. The molecule has 0 aliphatic rings. The van der Waals surface area contributed by atoms with E-state index >= 15 is 0 Å². The molecule has 0 aliphatic heterocycles. The van der Waals surface area contributed by atoms with Crippen molar-refractivity contribution >= 4 is 54.7 Å². The molecule has 0 fully saturated rings. The molecular weight excluding hydrogens is 562 g/mol. The van der Waals surface area contributed by atoms with Gasteiger partial charge in [0.25, 0.3) is 10.0 Å². The topological polar surface area (TPSA) is 88.4 Å². The largest absolute Gasteiger partial charge is 0.366 e. The van der Waals surface area contributed by atoms with Crippen LogP contribution in [0.15, 0.2) is 94.4 Å². The van der Waals surface area contributed by atoms with Crippen molar-refractivity contribution in [2.75, 3.05) is 10.0 Å². The summed E-state index contributed by atoms with van der Waals surface area (Å²) in [6, 6.07) is 23.4. The van der Waals surface area contributed by atoms with Crippen molar-refractivity contribution in [3.8, 4) is 11.3 Å². The summed E-state index contributed by atoms with van der Waals surface area (Å²) in [6.07, 6.45) is 1.69. The van der Waals surface area contributed by atoms with Crippen molar-refractivity contribution in [2.45, 2.75) is 18.4 Å². The van der Waals surface area contributed by atoms with Gasteiger partial charge in [0.15, 0.2) is 5.65 Å². The second-order valence-electron chi connectivity index (χ2n) is 8.20. The van der Waals surface area contributed by atoms with Gasteiger partial charge in [-0.1, -0.05) is 59.6 Å². The van der Waals surface area contributed by atoms with Gasteiger partial charge >= 0.3 is 0 Å². The van der Waals surface area contributed by atoms with E-state index in [1.807, 2.05) is 49.4 Å². The lowest BCUT2D eigenvalue weighted by Gasteiger charge is -2.12. The number of sulfonamides is 1. The van der Waals surface area contributed by atoms with Gasteiger partial charge in [-0.2, -0.15) is 9.61 Å². The average Bonchev–Trinajstić information content (AvgIpc) is 3.24. The molecular formula is C26H21BrClN5O2S. The van der Waals surface area contributed by atoms with Gasteiger partial charge in [-0.15, -0.1) is 0 Å². The minimum atomic E-state index is -3.65. The number of nitrogens with one attached hydrogen (secondary N) is 2. The van der Waals surface area contributed by atoms with Gasteiger partial charge in [-0.25, -0.2) is 13.4 Å². The van der Waals surface area contributed by atoms with Crippen LogP contribution in [-0.2, 0) is 16.6 Å². The van der Waals surface area contributed by atoms with Crippen LogP contribution < -0.4 is 10.0 Å². The number of aryl methyl sites for hydroxylation is 1. The molecule has 182 valence electrons. The number of hydrogen-bond donors (Lipinski definition) is 2. The maximum atomic E-state index is 12.7. The fourth-order valence-electron chi connectivity index (χ4n) is 3.68. The number of nitrogens with zero attached hydrogens (tertiary/aromatic N) is 3. The number of aromatic nitrogens is 3. The first-order chi connectivity index (χ1) is 17.3. The van der Waals surface area contributed by atoms with E-state index in [0.717, 1.165) is 32.7 Å². The number of anilines is 2. The Labute approximate surface area is 222 Å². The zero-order valence-electron chi connectivity index (χ0n) is 19.1. The SMILES string of the molecule is Cc1ccc(S(=O)(=O)Nc2ccc(CNc3cc(-c4ccccc4Cl)nc4c(Br)cnn34)cc2)cc1. The van der Waals surface area contributed by atoms with Gasteiger partial charge in [-0.3, -0.25) is 4.72 Å². The molecule has 0 bridgehead atoms.